The van der Waals surface area contributed by atoms with Gasteiger partial charge in [-0.2, -0.15) is 5.10 Å². The molecule has 2 aromatic carbocycles. The van der Waals surface area contributed by atoms with Crippen LogP contribution in [0.5, 0.6) is 5.75 Å². The molecule has 2 amide bonds. The van der Waals surface area contributed by atoms with Crippen LogP contribution >= 0.6 is 0 Å². The Bertz CT molecular complexity index is 2630. The van der Waals surface area contributed by atoms with E-state index in [0.29, 0.717) is 95.8 Å². The number of fused-ring (bicyclic) bond motifs is 10. The van der Waals surface area contributed by atoms with Gasteiger partial charge in [0.1, 0.15) is 52.4 Å². The van der Waals surface area contributed by atoms with E-state index in [1.165, 1.54) is 24.3 Å². The number of aryl methyl sites for hydroxylation is 1. The molecule has 6 aromatic rings. The van der Waals surface area contributed by atoms with E-state index in [1.54, 1.807) is 40.9 Å². The number of rotatable bonds is 2. The predicted molar refractivity (Wildman–Crippen MR) is 210 cm³/mol. The zero-order chi connectivity index (χ0) is 39.8. The molecular formula is C41H41F2N11O4. The number of nitrogens with one attached hydrogen (secondary N) is 1. The quantitative estimate of drug-likeness (QED) is 0.270. The molecule has 1 N–H and O–H groups in total. The molecule has 15 nitrogen and oxygen atoms in total. The molecule has 2 fully saturated rings. The minimum atomic E-state index is -0.651. The van der Waals surface area contributed by atoms with Gasteiger partial charge in [0, 0.05) is 70.5 Å². The number of halogens is 2. The lowest BCUT2D eigenvalue weighted by Crippen LogP contribution is -2.47. The van der Waals surface area contributed by atoms with E-state index in [2.05, 4.69) is 5.32 Å². The van der Waals surface area contributed by atoms with Gasteiger partial charge in [-0.25, -0.2) is 33.4 Å². The third-order valence-corrected chi connectivity index (χ3v) is 11.9. The van der Waals surface area contributed by atoms with Crippen LogP contribution in [-0.4, -0.2) is 121 Å². The number of benzene rings is 2. The first-order chi connectivity index (χ1) is 28.1. The topological polar surface area (TPSA) is 149 Å². The highest BCUT2D eigenvalue weighted by Crippen LogP contribution is 2.37. The molecule has 58 heavy (non-hydrogen) atoms. The van der Waals surface area contributed by atoms with E-state index in [1.807, 2.05) is 34.6 Å². The van der Waals surface area contributed by atoms with Crippen LogP contribution in [0.2, 0.25) is 0 Å². The second kappa shape index (κ2) is 14.0. The SMILES string of the molecule is CO[C@H]1CN(C)C(=O)[C@@H]2C[C@@H](CN2c2nc3nc4c2cnn4-c2ccc(F)cc2OCC(=O)N2CC[C@H](C3)C2)Nc2cccc(n2)-c2cc(F)cc3nc(C)n(c23)C1. The number of carbonyl (C=O) groups excluding carboxylic acids is 2. The number of hydrogen-bond donors (Lipinski definition) is 1. The van der Waals surface area contributed by atoms with Crippen molar-refractivity contribution in [3.05, 3.63) is 78.0 Å². The monoisotopic (exact) mass is 789 g/mol. The predicted octanol–water partition coefficient (Wildman–Crippen LogP) is 4.14. The molecule has 0 aliphatic carbocycles. The molecule has 10 rings (SSSR count). The van der Waals surface area contributed by atoms with Crippen LogP contribution < -0.4 is 15.0 Å². The van der Waals surface area contributed by atoms with Crippen molar-refractivity contribution in [2.24, 2.45) is 5.92 Å². The number of hydrogen-bond acceptors (Lipinski definition) is 11. The maximum Gasteiger partial charge on any atom is 0.260 e. The van der Waals surface area contributed by atoms with E-state index in [-0.39, 0.29) is 42.7 Å². The molecule has 0 saturated carbocycles. The number of likely N-dealkylation sites (N-methyl/N-ethyl adjacent to an activating group) is 1. The Morgan fingerprint density at radius 2 is 1.84 bits per heavy atom. The molecule has 0 unspecified atom stereocenters. The Morgan fingerprint density at radius 1 is 0.966 bits per heavy atom. The summed E-state index contributed by atoms with van der Waals surface area (Å²) in [6.07, 6.45) is 2.91. The van der Waals surface area contributed by atoms with Gasteiger partial charge < -0.3 is 34.1 Å². The summed E-state index contributed by atoms with van der Waals surface area (Å²) in [5.74, 6) is 1.37. The first-order valence-electron chi connectivity index (χ1n) is 19.5. The maximum absolute atomic E-state index is 15.1. The van der Waals surface area contributed by atoms with Gasteiger partial charge in [-0.15, -0.1) is 0 Å². The van der Waals surface area contributed by atoms with Crippen molar-refractivity contribution in [1.29, 1.82) is 0 Å². The van der Waals surface area contributed by atoms with Gasteiger partial charge in [0.05, 0.1) is 41.0 Å². The van der Waals surface area contributed by atoms with Crippen LogP contribution in [0.25, 0.3) is 39.0 Å². The Kier molecular flexibility index (Phi) is 8.72. The standard InChI is InChI=1S/C41H41F2N11O4/c1-22-45-31-13-25(43)12-28-30-5-4-6-35(47-30)46-26-15-33(41(56)50(2)19-27(57-3)20-52(22)38(28)31)53(18-26)39-29-16-44-54-32-8-7-24(42)14-34(32)58-21-37(55)51-10-9-23(17-51)11-36(48-39)49-40(29)54/h4-8,12-14,16,23,26-27,33H,9-11,15,17-21H2,1-3H3,(H,46,47)/t23-,26+,27+,33+/m1/s1. The highest BCUT2D eigenvalue weighted by atomic mass is 19.1. The molecule has 8 heterocycles. The highest BCUT2D eigenvalue weighted by molar-refractivity contribution is 5.94. The van der Waals surface area contributed by atoms with Gasteiger partial charge in [-0.05, 0) is 56.0 Å². The van der Waals surface area contributed by atoms with Gasteiger partial charge in [-0.3, -0.25) is 9.59 Å². The first-order valence-corrected chi connectivity index (χ1v) is 19.5. The minimum absolute atomic E-state index is 0.101. The van der Waals surface area contributed by atoms with Crippen LogP contribution in [0.1, 0.15) is 24.5 Å². The normalized spacial score (nSPS) is 22.3. The molecule has 4 atom stereocenters. The number of nitrogens with zero attached hydrogens (tertiary/aromatic N) is 10. The average Bonchev–Trinajstić information content (AvgIpc) is 4.01. The van der Waals surface area contributed by atoms with Crippen LogP contribution in [0.4, 0.5) is 20.4 Å². The van der Waals surface area contributed by atoms with E-state index in [4.69, 9.17) is 34.5 Å². The number of anilines is 2. The maximum atomic E-state index is 15.1. The summed E-state index contributed by atoms with van der Waals surface area (Å²) < 4.78 is 45.3. The molecule has 8 bridgehead atoms. The molecule has 0 spiro atoms. The van der Waals surface area contributed by atoms with Crippen molar-refractivity contribution < 1.29 is 27.8 Å². The summed E-state index contributed by atoms with van der Waals surface area (Å²) in [5.41, 5.74) is 3.32. The van der Waals surface area contributed by atoms with Crippen molar-refractivity contribution in [2.45, 2.75) is 50.9 Å². The first kappa shape index (κ1) is 36.1. The molecule has 0 radical (unpaired) electrons. The Hall–Kier alpha value is -6.23. The number of pyridine rings is 1. The fraction of sp³-hybridized carbons (Fsp3) is 0.390. The van der Waals surface area contributed by atoms with Gasteiger partial charge in [0.25, 0.3) is 5.91 Å². The van der Waals surface area contributed by atoms with Crippen molar-refractivity contribution in [1.82, 2.24) is 44.1 Å². The lowest BCUT2D eigenvalue weighted by molar-refractivity contribution is -0.133. The zero-order valence-electron chi connectivity index (χ0n) is 32.2. The number of imidazole rings is 1. The summed E-state index contributed by atoms with van der Waals surface area (Å²) in [7, 11) is 3.40. The second-order valence-electron chi connectivity index (χ2n) is 15.7. The van der Waals surface area contributed by atoms with Crippen LogP contribution in [0.3, 0.4) is 0 Å². The Labute approximate surface area is 331 Å². The third kappa shape index (κ3) is 6.24. The van der Waals surface area contributed by atoms with Crippen LogP contribution in [0, 0.1) is 24.5 Å². The molecule has 2 saturated heterocycles. The minimum Gasteiger partial charge on any atom is -0.481 e. The second-order valence-corrected chi connectivity index (χ2v) is 15.7. The summed E-state index contributed by atoms with van der Waals surface area (Å²) in [4.78, 5) is 53.3. The van der Waals surface area contributed by atoms with Crippen LogP contribution in [-0.2, 0) is 27.3 Å². The third-order valence-electron chi connectivity index (χ3n) is 11.9. The van der Waals surface area contributed by atoms with Crippen LogP contribution in [0.15, 0.2) is 54.7 Å². The van der Waals surface area contributed by atoms with Crippen molar-refractivity contribution in [3.8, 4) is 22.7 Å². The number of amides is 2. The molecule has 4 aliphatic rings. The van der Waals surface area contributed by atoms with Crippen molar-refractivity contribution in [2.75, 3.05) is 57.2 Å². The van der Waals surface area contributed by atoms with Crippen molar-refractivity contribution in [3.63, 3.8) is 0 Å². The summed E-state index contributed by atoms with van der Waals surface area (Å²) in [6.45, 7) is 3.74. The Morgan fingerprint density at radius 3 is 2.71 bits per heavy atom. The zero-order valence-corrected chi connectivity index (χ0v) is 32.2. The highest BCUT2D eigenvalue weighted by Gasteiger charge is 2.41. The molecule has 4 aliphatic heterocycles. The summed E-state index contributed by atoms with van der Waals surface area (Å²) in [5, 5.41) is 8.90. The lowest BCUT2D eigenvalue weighted by Gasteiger charge is -2.31. The fourth-order valence-electron chi connectivity index (χ4n) is 9.03. The van der Waals surface area contributed by atoms with E-state index < -0.39 is 23.8 Å². The number of aromatic nitrogens is 7. The van der Waals surface area contributed by atoms with E-state index >= 15 is 4.39 Å². The lowest BCUT2D eigenvalue weighted by atomic mass is 10.0. The van der Waals surface area contributed by atoms with E-state index in [9.17, 15) is 14.0 Å². The summed E-state index contributed by atoms with van der Waals surface area (Å²) in [6, 6.07) is 11.7. The number of methoxy groups -OCH3 is 1. The van der Waals surface area contributed by atoms with E-state index in [0.717, 1.165) is 11.9 Å². The Balaban J connectivity index is 1.10. The van der Waals surface area contributed by atoms with Crippen molar-refractivity contribution >= 4 is 45.5 Å². The molecule has 17 heteroatoms. The summed E-state index contributed by atoms with van der Waals surface area (Å²) >= 11 is 0. The fourth-order valence-corrected chi connectivity index (χ4v) is 9.03. The molecule has 4 aromatic heterocycles. The molecular weight excluding hydrogens is 749 g/mol. The number of ether oxygens (including phenoxy) is 2. The van der Waals surface area contributed by atoms with Gasteiger partial charge in [0.15, 0.2) is 12.3 Å². The smallest absolute Gasteiger partial charge is 0.260 e. The largest absolute Gasteiger partial charge is 0.481 e. The molecule has 298 valence electrons. The number of carbonyl (C=O) groups is 2. The average molecular weight is 790 g/mol. The van der Waals surface area contributed by atoms with Gasteiger partial charge in [0.2, 0.25) is 5.91 Å². The van der Waals surface area contributed by atoms with Gasteiger partial charge in [-0.1, -0.05) is 6.07 Å². The van der Waals surface area contributed by atoms with Gasteiger partial charge >= 0.3 is 0 Å².